The summed E-state index contributed by atoms with van der Waals surface area (Å²) in [6.45, 7) is 6.68. The van der Waals surface area contributed by atoms with Gasteiger partial charge in [0, 0.05) is 41.1 Å². The number of aryl methyl sites for hydroxylation is 1. The zero-order valence-corrected chi connectivity index (χ0v) is 19.3. The molecule has 1 aromatic carbocycles. The second-order valence-corrected chi connectivity index (χ2v) is 9.19. The molecule has 2 aromatic heterocycles. The Bertz CT molecular complexity index is 1120. The summed E-state index contributed by atoms with van der Waals surface area (Å²) in [5.41, 5.74) is 5.96. The van der Waals surface area contributed by atoms with Crippen LogP contribution in [0.2, 0.25) is 0 Å². The fourth-order valence-corrected chi connectivity index (χ4v) is 6.26. The van der Waals surface area contributed by atoms with Crippen LogP contribution in [0.25, 0.3) is 5.69 Å². The molecule has 0 N–H and O–H groups in total. The fraction of sp³-hybridized carbons (Fsp3) is 0.360. The van der Waals surface area contributed by atoms with E-state index in [1.165, 1.54) is 22.1 Å². The molecule has 31 heavy (non-hydrogen) atoms. The van der Waals surface area contributed by atoms with E-state index >= 15 is 0 Å². The molecule has 2 aliphatic rings. The molecule has 0 radical (unpaired) electrons. The molecule has 5 rings (SSSR count). The maximum atomic E-state index is 5.47. The van der Waals surface area contributed by atoms with E-state index < -0.39 is 0 Å². The van der Waals surface area contributed by atoms with Gasteiger partial charge >= 0.3 is 0 Å². The summed E-state index contributed by atoms with van der Waals surface area (Å²) in [6, 6.07) is 17.4. The Morgan fingerprint density at radius 1 is 1.13 bits per heavy atom. The first-order valence-corrected chi connectivity index (χ1v) is 11.8. The Balaban J connectivity index is 1.63. The summed E-state index contributed by atoms with van der Waals surface area (Å²) in [7, 11) is 1.71. The molecular weight excluding hydrogens is 404 g/mol. The van der Waals surface area contributed by atoms with Crippen LogP contribution >= 0.6 is 11.8 Å². The Hall–Kier alpha value is -2.73. The molecular formula is C25H28N4OS. The van der Waals surface area contributed by atoms with E-state index in [4.69, 9.17) is 9.73 Å². The lowest BCUT2D eigenvalue weighted by atomic mass is 9.95. The second-order valence-electron chi connectivity index (χ2n) is 8.20. The summed E-state index contributed by atoms with van der Waals surface area (Å²) in [5.74, 6) is 1.97. The molecule has 160 valence electrons. The van der Waals surface area contributed by atoms with Gasteiger partial charge in [-0.25, -0.2) is 0 Å². The van der Waals surface area contributed by atoms with Crippen molar-refractivity contribution in [3.05, 3.63) is 77.4 Å². The number of rotatable bonds is 5. The van der Waals surface area contributed by atoms with Crippen molar-refractivity contribution in [3.8, 4) is 11.4 Å². The van der Waals surface area contributed by atoms with Crippen LogP contribution in [-0.4, -0.2) is 38.5 Å². The summed E-state index contributed by atoms with van der Waals surface area (Å²) in [4.78, 5) is 12.4. The van der Waals surface area contributed by atoms with Crippen LogP contribution in [0.5, 0.6) is 5.75 Å². The van der Waals surface area contributed by atoms with Gasteiger partial charge in [-0.3, -0.25) is 9.98 Å². The molecule has 5 nitrogen and oxygen atoms in total. The van der Waals surface area contributed by atoms with E-state index in [2.05, 4.69) is 65.6 Å². The molecule has 3 aromatic rings. The number of pyridine rings is 1. The fourth-order valence-electron chi connectivity index (χ4n) is 4.92. The van der Waals surface area contributed by atoms with Crippen LogP contribution in [0.1, 0.15) is 48.1 Å². The lowest BCUT2D eigenvalue weighted by Gasteiger charge is -2.32. The zero-order valence-electron chi connectivity index (χ0n) is 18.4. The van der Waals surface area contributed by atoms with E-state index in [0.29, 0.717) is 6.04 Å². The number of aliphatic imine (C=N–C) groups is 1. The molecule has 0 unspecified atom stereocenters. The van der Waals surface area contributed by atoms with Crippen molar-refractivity contribution in [2.45, 2.75) is 45.3 Å². The van der Waals surface area contributed by atoms with Gasteiger partial charge in [-0.1, -0.05) is 30.8 Å². The van der Waals surface area contributed by atoms with E-state index in [1.807, 2.05) is 36.2 Å². The van der Waals surface area contributed by atoms with Gasteiger partial charge < -0.3 is 14.2 Å². The topological polar surface area (TPSA) is 42.6 Å². The first kappa shape index (κ1) is 20.2. The zero-order chi connectivity index (χ0) is 21.5. The average Bonchev–Trinajstić information content (AvgIpc) is 3.45. The van der Waals surface area contributed by atoms with Gasteiger partial charge in [0.05, 0.1) is 18.8 Å². The van der Waals surface area contributed by atoms with Crippen molar-refractivity contribution in [2.24, 2.45) is 4.99 Å². The molecule has 0 aliphatic carbocycles. The molecule has 0 saturated carbocycles. The van der Waals surface area contributed by atoms with E-state index in [1.54, 1.807) is 7.11 Å². The van der Waals surface area contributed by atoms with Gasteiger partial charge in [0.2, 0.25) is 0 Å². The van der Waals surface area contributed by atoms with Crippen LogP contribution in [-0.2, 0) is 0 Å². The van der Waals surface area contributed by atoms with Crippen molar-refractivity contribution < 1.29 is 4.74 Å². The van der Waals surface area contributed by atoms with Crippen LogP contribution in [0.3, 0.4) is 0 Å². The number of methoxy groups -OCH3 is 1. The molecule has 4 heterocycles. The number of benzene rings is 1. The highest BCUT2D eigenvalue weighted by molar-refractivity contribution is 8.14. The number of fused-ring (bicyclic) bond motifs is 1. The molecule has 0 spiro atoms. The summed E-state index contributed by atoms with van der Waals surface area (Å²) >= 11 is 1.89. The van der Waals surface area contributed by atoms with Crippen LogP contribution in [0.15, 0.2) is 59.7 Å². The number of ether oxygens (including phenoxy) is 1. The summed E-state index contributed by atoms with van der Waals surface area (Å²) in [5, 5.41) is 1.17. The van der Waals surface area contributed by atoms with Gasteiger partial charge in [-0.2, -0.15) is 0 Å². The summed E-state index contributed by atoms with van der Waals surface area (Å²) in [6.07, 6.45) is 2.99. The standard InChI is InChI=1S/C25H28N4OS/c1-5-18-15-31-25-27-23(22-11-6-7-12-26-22)24(29(18)25)21-13-16(2)28(17(21)3)19-9-8-10-20(14-19)30-4/h6-14,18,23-24H,5,15H2,1-4H3/t18-,23-,24+/m1/s1. The van der Waals surface area contributed by atoms with Gasteiger partial charge in [-0.15, -0.1) is 0 Å². The molecule has 0 bridgehead atoms. The van der Waals surface area contributed by atoms with Crippen molar-refractivity contribution in [1.29, 1.82) is 0 Å². The Morgan fingerprint density at radius 2 is 2.00 bits per heavy atom. The van der Waals surface area contributed by atoms with Crippen LogP contribution in [0, 0.1) is 13.8 Å². The first-order valence-electron chi connectivity index (χ1n) is 10.9. The van der Waals surface area contributed by atoms with E-state index in [9.17, 15) is 0 Å². The third-order valence-electron chi connectivity index (χ3n) is 6.43. The minimum atomic E-state index is 0.0114. The number of hydrogen-bond acceptors (Lipinski definition) is 5. The maximum Gasteiger partial charge on any atom is 0.160 e. The van der Waals surface area contributed by atoms with Gasteiger partial charge in [0.25, 0.3) is 0 Å². The Kier molecular flexibility index (Phi) is 5.26. The predicted molar refractivity (Wildman–Crippen MR) is 127 cm³/mol. The highest BCUT2D eigenvalue weighted by atomic mass is 32.2. The van der Waals surface area contributed by atoms with E-state index in [-0.39, 0.29) is 12.1 Å². The van der Waals surface area contributed by atoms with Crippen molar-refractivity contribution in [1.82, 2.24) is 14.5 Å². The molecule has 6 heteroatoms. The Morgan fingerprint density at radius 3 is 2.74 bits per heavy atom. The molecule has 1 fully saturated rings. The first-order chi connectivity index (χ1) is 15.1. The summed E-state index contributed by atoms with van der Waals surface area (Å²) < 4.78 is 7.80. The smallest absolute Gasteiger partial charge is 0.160 e. The molecule has 3 atom stereocenters. The number of aromatic nitrogens is 2. The maximum absolute atomic E-state index is 5.47. The van der Waals surface area contributed by atoms with Gasteiger partial charge in [0.1, 0.15) is 11.8 Å². The highest BCUT2D eigenvalue weighted by Crippen LogP contribution is 2.49. The minimum Gasteiger partial charge on any atom is -0.497 e. The third kappa shape index (κ3) is 3.33. The lowest BCUT2D eigenvalue weighted by Crippen LogP contribution is -2.35. The Labute approximate surface area is 188 Å². The number of hydrogen-bond donors (Lipinski definition) is 0. The third-order valence-corrected chi connectivity index (χ3v) is 7.56. The molecule has 1 saturated heterocycles. The average molecular weight is 433 g/mol. The lowest BCUT2D eigenvalue weighted by molar-refractivity contribution is 0.254. The number of nitrogens with zero attached hydrogens (tertiary/aromatic N) is 4. The van der Waals surface area contributed by atoms with Crippen LogP contribution < -0.4 is 4.74 Å². The quantitative estimate of drug-likeness (QED) is 0.536. The highest BCUT2D eigenvalue weighted by Gasteiger charge is 2.46. The predicted octanol–water partition coefficient (Wildman–Crippen LogP) is 5.48. The number of thioether (sulfide) groups is 1. The largest absolute Gasteiger partial charge is 0.497 e. The monoisotopic (exact) mass is 432 g/mol. The minimum absolute atomic E-state index is 0.0114. The second kappa shape index (κ2) is 8.08. The SMILES string of the molecule is CC[C@@H]1CSC2=N[C@H](c3ccccn3)[C@H](c3cc(C)n(-c4cccc(OC)c4)c3C)N21. The van der Waals surface area contributed by atoms with Gasteiger partial charge in [0.15, 0.2) is 5.17 Å². The molecule has 0 amide bonds. The van der Waals surface area contributed by atoms with Crippen molar-refractivity contribution in [3.63, 3.8) is 0 Å². The molecule has 2 aliphatic heterocycles. The van der Waals surface area contributed by atoms with Gasteiger partial charge in [-0.05, 0) is 56.2 Å². The number of amidine groups is 1. The van der Waals surface area contributed by atoms with Crippen LogP contribution in [0.4, 0.5) is 0 Å². The normalized spacial score (nSPS) is 22.5. The van der Waals surface area contributed by atoms with Crippen molar-refractivity contribution in [2.75, 3.05) is 12.9 Å². The van der Waals surface area contributed by atoms with Crippen molar-refractivity contribution >= 4 is 16.9 Å². The van der Waals surface area contributed by atoms with E-state index in [0.717, 1.165) is 29.3 Å².